The van der Waals surface area contributed by atoms with Crippen LogP contribution in [0.5, 0.6) is 23.1 Å². The van der Waals surface area contributed by atoms with E-state index in [1.54, 1.807) is 44.2 Å². The summed E-state index contributed by atoms with van der Waals surface area (Å²) in [5.41, 5.74) is 1.02. The summed E-state index contributed by atoms with van der Waals surface area (Å²) in [6.07, 6.45) is 0.721. The highest BCUT2D eigenvalue weighted by molar-refractivity contribution is 5.76. The van der Waals surface area contributed by atoms with E-state index in [0.717, 1.165) is 0 Å². The van der Waals surface area contributed by atoms with Crippen molar-refractivity contribution >= 4 is 17.0 Å². The topological polar surface area (TPSA) is 79.8 Å². The number of fused-ring (bicyclic) bond motifs is 1. The van der Waals surface area contributed by atoms with Gasteiger partial charge in [0.25, 0.3) is 0 Å². The van der Waals surface area contributed by atoms with Crippen molar-refractivity contribution in [3.63, 3.8) is 0 Å². The number of halogens is 1. The largest absolute Gasteiger partial charge is 0.479 e. The van der Waals surface area contributed by atoms with Gasteiger partial charge in [0.15, 0.2) is 11.9 Å². The zero-order valence-electron chi connectivity index (χ0n) is 14.7. The molecule has 0 aliphatic carbocycles. The SMILES string of the molecule is CCOC(=O)C(C)Oc1ccc(Oc2cnc3cc(OF)ccc3n2)cc1. The van der Waals surface area contributed by atoms with Gasteiger partial charge in [-0.15, -0.1) is 0 Å². The van der Waals surface area contributed by atoms with Crippen molar-refractivity contribution in [3.05, 3.63) is 48.7 Å². The van der Waals surface area contributed by atoms with Gasteiger partial charge in [0.1, 0.15) is 11.5 Å². The van der Waals surface area contributed by atoms with E-state index in [4.69, 9.17) is 14.2 Å². The zero-order chi connectivity index (χ0) is 19.2. The third-order valence-electron chi connectivity index (χ3n) is 3.56. The smallest absolute Gasteiger partial charge is 0.347 e. The maximum absolute atomic E-state index is 12.2. The first kappa shape index (κ1) is 18.4. The summed E-state index contributed by atoms with van der Waals surface area (Å²) < 4.78 is 28.3. The molecule has 140 valence electrons. The van der Waals surface area contributed by atoms with Crippen LogP contribution in [0.3, 0.4) is 0 Å². The molecule has 1 unspecified atom stereocenters. The summed E-state index contributed by atoms with van der Waals surface area (Å²) in [6.45, 7) is 3.65. The van der Waals surface area contributed by atoms with E-state index in [9.17, 15) is 9.32 Å². The number of nitrogens with zero attached hydrogens (tertiary/aromatic N) is 2. The van der Waals surface area contributed by atoms with Crippen LogP contribution in [0.15, 0.2) is 48.7 Å². The Bertz CT molecular complexity index is 933. The summed E-state index contributed by atoms with van der Waals surface area (Å²) in [5.74, 6) is 0.934. The van der Waals surface area contributed by atoms with Crippen molar-refractivity contribution in [3.8, 4) is 23.1 Å². The van der Waals surface area contributed by atoms with E-state index in [1.165, 1.54) is 18.3 Å². The second-order valence-corrected chi connectivity index (χ2v) is 5.52. The van der Waals surface area contributed by atoms with Crippen LogP contribution in [0.4, 0.5) is 4.53 Å². The average molecular weight is 372 g/mol. The van der Waals surface area contributed by atoms with E-state index < -0.39 is 12.1 Å². The second kappa shape index (κ2) is 8.31. The van der Waals surface area contributed by atoms with Crippen LogP contribution >= 0.6 is 0 Å². The maximum atomic E-state index is 12.2. The molecule has 0 aliphatic heterocycles. The van der Waals surface area contributed by atoms with Crippen molar-refractivity contribution in [2.75, 3.05) is 6.61 Å². The molecular formula is C19H17FN2O5. The molecule has 0 bridgehead atoms. The zero-order valence-corrected chi connectivity index (χ0v) is 14.7. The van der Waals surface area contributed by atoms with Gasteiger partial charge in [0.2, 0.25) is 5.88 Å². The fourth-order valence-electron chi connectivity index (χ4n) is 2.29. The maximum Gasteiger partial charge on any atom is 0.347 e. The molecule has 0 spiro atoms. The summed E-state index contributed by atoms with van der Waals surface area (Å²) in [6, 6.07) is 11.2. The molecule has 3 rings (SSSR count). The van der Waals surface area contributed by atoms with Crippen LogP contribution < -0.4 is 14.4 Å². The second-order valence-electron chi connectivity index (χ2n) is 5.52. The lowest BCUT2D eigenvalue weighted by molar-refractivity contribution is -0.150. The molecule has 0 aliphatic rings. The van der Waals surface area contributed by atoms with Crippen molar-refractivity contribution in [1.29, 1.82) is 0 Å². The predicted octanol–water partition coefficient (Wildman–Crippen LogP) is 4.02. The molecule has 2 aromatic carbocycles. The predicted molar refractivity (Wildman–Crippen MR) is 94.5 cm³/mol. The van der Waals surface area contributed by atoms with Crippen LogP contribution in [-0.4, -0.2) is 28.6 Å². The number of esters is 1. The quantitative estimate of drug-likeness (QED) is 0.580. The molecule has 0 radical (unpaired) electrons. The minimum absolute atomic E-state index is 0.0538. The molecule has 0 saturated carbocycles. The van der Waals surface area contributed by atoms with E-state index >= 15 is 0 Å². The summed E-state index contributed by atoms with van der Waals surface area (Å²) in [7, 11) is 0. The van der Waals surface area contributed by atoms with Crippen LogP contribution in [-0.2, 0) is 9.53 Å². The molecule has 7 nitrogen and oxygen atoms in total. The first-order valence-electron chi connectivity index (χ1n) is 8.25. The average Bonchev–Trinajstić information content (AvgIpc) is 2.69. The normalized spacial score (nSPS) is 11.7. The molecule has 1 aromatic heterocycles. The first-order chi connectivity index (χ1) is 13.1. The van der Waals surface area contributed by atoms with Gasteiger partial charge in [0.05, 0.1) is 23.8 Å². The third-order valence-corrected chi connectivity index (χ3v) is 3.56. The molecule has 27 heavy (non-hydrogen) atoms. The highest BCUT2D eigenvalue weighted by Crippen LogP contribution is 2.25. The Hall–Kier alpha value is -3.42. The monoisotopic (exact) mass is 372 g/mol. The lowest BCUT2D eigenvalue weighted by Gasteiger charge is -2.13. The molecular weight excluding hydrogens is 355 g/mol. The Morgan fingerprint density at radius 3 is 2.48 bits per heavy atom. The van der Waals surface area contributed by atoms with E-state index in [1.807, 2.05) is 0 Å². The molecule has 0 amide bonds. The van der Waals surface area contributed by atoms with E-state index in [-0.39, 0.29) is 11.6 Å². The molecule has 0 saturated heterocycles. The molecule has 0 N–H and O–H groups in total. The summed E-state index contributed by atoms with van der Waals surface area (Å²) in [5, 5.41) is 0. The molecule has 8 heteroatoms. The molecule has 1 heterocycles. The third kappa shape index (κ3) is 4.60. The van der Waals surface area contributed by atoms with Gasteiger partial charge in [-0.1, -0.05) is 0 Å². The minimum atomic E-state index is -0.707. The first-order valence-corrected chi connectivity index (χ1v) is 8.25. The van der Waals surface area contributed by atoms with Gasteiger partial charge < -0.3 is 14.2 Å². The van der Waals surface area contributed by atoms with Crippen molar-refractivity contribution in [2.24, 2.45) is 0 Å². The number of rotatable bonds is 7. The van der Waals surface area contributed by atoms with Gasteiger partial charge in [-0.25, -0.2) is 14.8 Å². The number of carbonyl (C=O) groups excluding carboxylic acids is 1. The van der Waals surface area contributed by atoms with E-state index in [2.05, 4.69) is 14.9 Å². The number of hydrogen-bond acceptors (Lipinski definition) is 7. The van der Waals surface area contributed by atoms with Crippen molar-refractivity contribution < 1.29 is 28.5 Å². The van der Waals surface area contributed by atoms with E-state index in [0.29, 0.717) is 29.1 Å². The highest BCUT2D eigenvalue weighted by Gasteiger charge is 2.15. The Morgan fingerprint density at radius 2 is 1.78 bits per heavy atom. The number of aromatic nitrogens is 2. The Balaban J connectivity index is 1.67. The number of benzene rings is 2. The fourth-order valence-corrected chi connectivity index (χ4v) is 2.29. The minimum Gasteiger partial charge on any atom is -0.479 e. The van der Waals surface area contributed by atoms with Crippen LogP contribution in [0.25, 0.3) is 11.0 Å². The number of hydrogen-bond donors (Lipinski definition) is 0. The fraction of sp³-hybridized carbons (Fsp3) is 0.211. The highest BCUT2D eigenvalue weighted by atomic mass is 19.3. The lowest BCUT2D eigenvalue weighted by Crippen LogP contribution is -2.25. The Morgan fingerprint density at radius 1 is 1.07 bits per heavy atom. The number of carbonyl (C=O) groups is 1. The number of ether oxygens (including phenoxy) is 3. The summed E-state index contributed by atoms with van der Waals surface area (Å²) in [4.78, 5) is 23.7. The van der Waals surface area contributed by atoms with Gasteiger partial charge in [-0.2, -0.15) is 0 Å². The van der Waals surface area contributed by atoms with Crippen LogP contribution in [0.1, 0.15) is 13.8 Å². The molecule has 0 fully saturated rings. The van der Waals surface area contributed by atoms with Gasteiger partial charge in [-0.3, -0.25) is 4.94 Å². The molecule has 1 atom stereocenters. The summed E-state index contributed by atoms with van der Waals surface area (Å²) >= 11 is 0. The van der Waals surface area contributed by atoms with Crippen LogP contribution in [0, 0.1) is 0 Å². The van der Waals surface area contributed by atoms with Crippen molar-refractivity contribution in [1.82, 2.24) is 9.97 Å². The van der Waals surface area contributed by atoms with Crippen molar-refractivity contribution in [2.45, 2.75) is 20.0 Å². The van der Waals surface area contributed by atoms with Gasteiger partial charge in [0, 0.05) is 10.6 Å². The molecule has 3 aromatic rings. The standard InChI is InChI=1S/C19H17FN2O5/c1-3-24-19(23)12(2)25-13-4-6-14(7-5-13)26-18-11-21-17-10-15(27-20)8-9-16(17)22-18/h4-12H,3H2,1-2H3. The van der Waals surface area contributed by atoms with Gasteiger partial charge in [-0.05, 0) is 50.2 Å². The lowest BCUT2D eigenvalue weighted by atomic mass is 10.3. The van der Waals surface area contributed by atoms with Gasteiger partial charge >= 0.3 is 5.97 Å². The Kier molecular flexibility index (Phi) is 5.65. The van der Waals surface area contributed by atoms with Crippen LogP contribution in [0.2, 0.25) is 0 Å². The Labute approximate surface area is 154 Å².